The van der Waals surface area contributed by atoms with Gasteiger partial charge in [0, 0.05) is 23.4 Å². The van der Waals surface area contributed by atoms with Crippen LogP contribution in [-0.4, -0.2) is 16.0 Å². The molecule has 3 heterocycles. The molecule has 1 aliphatic heterocycles. The lowest BCUT2D eigenvalue weighted by atomic mass is 9.78. The van der Waals surface area contributed by atoms with Crippen LogP contribution in [0.1, 0.15) is 42.3 Å². The SMILES string of the molecule is Cc1ccc(C2C(C#N)=C(N)N(c3nnc(SCc4ccccc4)s3)C3=C2C(=O)CCC3)o1. The monoisotopic (exact) mass is 475 g/mol. The average molecular weight is 476 g/mol. The molecule has 3 aromatic rings. The number of nitriles is 1. The highest BCUT2D eigenvalue weighted by molar-refractivity contribution is 8.00. The van der Waals surface area contributed by atoms with Gasteiger partial charge in [0.1, 0.15) is 17.3 Å². The molecule has 0 amide bonds. The van der Waals surface area contributed by atoms with Crippen LogP contribution in [0.5, 0.6) is 0 Å². The number of Topliss-reactive ketones (excluding diaryl/α,β-unsaturated/α-hetero) is 1. The van der Waals surface area contributed by atoms with Crippen LogP contribution in [0.3, 0.4) is 0 Å². The summed E-state index contributed by atoms with van der Waals surface area (Å²) in [5, 5.41) is 19.3. The van der Waals surface area contributed by atoms with Gasteiger partial charge in [-0.3, -0.25) is 9.69 Å². The summed E-state index contributed by atoms with van der Waals surface area (Å²) < 4.78 is 6.64. The molecule has 1 unspecified atom stereocenters. The fourth-order valence-electron chi connectivity index (χ4n) is 4.27. The molecular formula is C24H21N5O2S2. The van der Waals surface area contributed by atoms with Crippen molar-refractivity contribution in [2.75, 3.05) is 4.90 Å². The molecule has 33 heavy (non-hydrogen) atoms. The van der Waals surface area contributed by atoms with Crippen molar-refractivity contribution in [3.05, 3.63) is 82.2 Å². The Bertz CT molecular complexity index is 1320. The van der Waals surface area contributed by atoms with Gasteiger partial charge in [0.15, 0.2) is 10.1 Å². The third kappa shape index (κ3) is 3.96. The van der Waals surface area contributed by atoms with E-state index in [-0.39, 0.29) is 11.6 Å². The van der Waals surface area contributed by atoms with Crippen molar-refractivity contribution in [3.8, 4) is 6.07 Å². The van der Waals surface area contributed by atoms with Crippen LogP contribution in [-0.2, 0) is 10.5 Å². The minimum Gasteiger partial charge on any atom is -0.465 e. The number of carbonyl (C=O) groups excluding carboxylic acids is 1. The topological polar surface area (TPSA) is 109 Å². The van der Waals surface area contributed by atoms with Gasteiger partial charge < -0.3 is 10.2 Å². The first-order valence-corrected chi connectivity index (χ1v) is 12.4. The Balaban J connectivity index is 1.53. The first-order chi connectivity index (χ1) is 16.1. The highest BCUT2D eigenvalue weighted by Gasteiger charge is 2.42. The maximum Gasteiger partial charge on any atom is 0.219 e. The Hall–Kier alpha value is -3.35. The molecule has 7 nitrogen and oxygen atoms in total. The summed E-state index contributed by atoms with van der Waals surface area (Å²) >= 11 is 3.00. The maximum atomic E-state index is 13.1. The predicted octanol–water partition coefficient (Wildman–Crippen LogP) is 5.04. The number of benzene rings is 1. The van der Waals surface area contributed by atoms with Gasteiger partial charge in [-0.25, -0.2) is 0 Å². The maximum absolute atomic E-state index is 13.1. The van der Waals surface area contributed by atoms with E-state index in [4.69, 9.17) is 10.2 Å². The highest BCUT2D eigenvalue weighted by atomic mass is 32.2. The minimum absolute atomic E-state index is 0.0174. The van der Waals surface area contributed by atoms with Gasteiger partial charge in [0.2, 0.25) is 5.13 Å². The number of furan rings is 1. The van der Waals surface area contributed by atoms with Crippen molar-refractivity contribution in [2.24, 2.45) is 5.73 Å². The number of nitrogens with zero attached hydrogens (tertiary/aromatic N) is 4. The van der Waals surface area contributed by atoms with Gasteiger partial charge in [-0.05, 0) is 37.5 Å². The number of aryl methyl sites for hydroxylation is 1. The van der Waals surface area contributed by atoms with E-state index in [9.17, 15) is 10.1 Å². The molecule has 0 spiro atoms. The van der Waals surface area contributed by atoms with Gasteiger partial charge in [-0.15, -0.1) is 10.2 Å². The zero-order chi connectivity index (χ0) is 22.9. The summed E-state index contributed by atoms with van der Waals surface area (Å²) in [5.74, 6) is 1.76. The third-order valence-electron chi connectivity index (χ3n) is 5.75. The van der Waals surface area contributed by atoms with E-state index in [1.807, 2.05) is 37.3 Å². The smallest absolute Gasteiger partial charge is 0.219 e. The number of carbonyl (C=O) groups is 1. The lowest BCUT2D eigenvalue weighted by molar-refractivity contribution is -0.116. The number of aromatic nitrogens is 2. The standard InChI is InChI=1S/C24H21N5O2S2/c1-14-10-11-19(31-14)20-16(12-25)22(26)29(17-8-5-9-18(30)21(17)20)23-27-28-24(33-23)32-13-15-6-3-2-4-7-15/h2-4,6-7,10-11,20H,5,8-9,13,26H2,1H3. The van der Waals surface area contributed by atoms with Crippen molar-refractivity contribution >= 4 is 34.0 Å². The predicted molar refractivity (Wildman–Crippen MR) is 127 cm³/mol. The number of thioether (sulfide) groups is 1. The molecule has 0 saturated carbocycles. The molecule has 1 atom stereocenters. The second-order valence-corrected chi connectivity index (χ2v) is 10.1. The summed E-state index contributed by atoms with van der Waals surface area (Å²) in [6.07, 6.45) is 1.83. The van der Waals surface area contributed by atoms with Gasteiger partial charge in [-0.2, -0.15) is 5.26 Å². The van der Waals surface area contributed by atoms with Crippen molar-refractivity contribution in [1.29, 1.82) is 5.26 Å². The molecule has 0 fully saturated rings. The second kappa shape index (κ2) is 8.89. The minimum atomic E-state index is -0.595. The van der Waals surface area contributed by atoms with E-state index in [1.165, 1.54) is 16.9 Å². The number of allylic oxidation sites excluding steroid dienone is 3. The van der Waals surface area contributed by atoms with Gasteiger partial charge in [-0.1, -0.05) is 53.4 Å². The van der Waals surface area contributed by atoms with E-state index in [0.717, 1.165) is 28.0 Å². The second-order valence-electron chi connectivity index (χ2n) is 7.89. The first kappa shape index (κ1) is 21.5. The average Bonchev–Trinajstić information content (AvgIpc) is 3.47. The van der Waals surface area contributed by atoms with Crippen LogP contribution in [0.2, 0.25) is 0 Å². The lowest BCUT2D eigenvalue weighted by Crippen LogP contribution is -2.38. The molecule has 0 radical (unpaired) electrons. The number of hydrogen-bond acceptors (Lipinski definition) is 9. The largest absolute Gasteiger partial charge is 0.465 e. The van der Waals surface area contributed by atoms with Gasteiger partial charge in [0.05, 0.1) is 17.6 Å². The summed E-state index contributed by atoms with van der Waals surface area (Å²) in [7, 11) is 0. The van der Waals surface area contributed by atoms with E-state index in [1.54, 1.807) is 16.7 Å². The number of anilines is 1. The van der Waals surface area contributed by atoms with E-state index < -0.39 is 5.92 Å². The Morgan fingerprint density at radius 1 is 1.24 bits per heavy atom. The quantitative estimate of drug-likeness (QED) is 0.511. The number of ketones is 1. The lowest BCUT2D eigenvalue weighted by Gasteiger charge is -2.37. The van der Waals surface area contributed by atoms with Gasteiger partial charge in [0.25, 0.3) is 0 Å². The summed E-state index contributed by atoms with van der Waals surface area (Å²) in [5.41, 5.74) is 9.42. The molecule has 1 aliphatic carbocycles. The zero-order valence-corrected chi connectivity index (χ0v) is 19.6. The molecule has 1 aromatic carbocycles. The van der Waals surface area contributed by atoms with Crippen molar-refractivity contribution in [1.82, 2.24) is 10.2 Å². The molecule has 9 heteroatoms. The van der Waals surface area contributed by atoms with Crippen LogP contribution in [0.25, 0.3) is 0 Å². The van der Waals surface area contributed by atoms with Crippen molar-refractivity contribution in [3.63, 3.8) is 0 Å². The number of nitrogens with two attached hydrogens (primary N) is 1. The van der Waals surface area contributed by atoms with Crippen molar-refractivity contribution < 1.29 is 9.21 Å². The fraction of sp³-hybridized carbons (Fsp3) is 0.250. The van der Waals surface area contributed by atoms with Crippen LogP contribution in [0, 0.1) is 18.3 Å². The summed E-state index contributed by atoms with van der Waals surface area (Å²) in [6.45, 7) is 1.84. The molecule has 5 rings (SSSR count). The molecule has 166 valence electrons. The Morgan fingerprint density at radius 3 is 2.79 bits per heavy atom. The van der Waals surface area contributed by atoms with Crippen LogP contribution in [0.15, 0.2) is 73.9 Å². The molecule has 0 bridgehead atoms. The molecule has 2 aromatic heterocycles. The molecule has 2 N–H and O–H groups in total. The van der Waals surface area contributed by atoms with Gasteiger partial charge >= 0.3 is 0 Å². The fourth-order valence-corrected chi connectivity index (χ4v) is 6.11. The van der Waals surface area contributed by atoms with E-state index >= 15 is 0 Å². The highest BCUT2D eigenvalue weighted by Crippen LogP contribution is 2.47. The molecule has 2 aliphatic rings. The summed E-state index contributed by atoms with van der Waals surface area (Å²) in [6, 6.07) is 16.0. The first-order valence-electron chi connectivity index (χ1n) is 10.6. The Kier molecular flexibility index (Phi) is 5.79. The Morgan fingerprint density at radius 2 is 2.06 bits per heavy atom. The summed E-state index contributed by atoms with van der Waals surface area (Å²) in [4.78, 5) is 14.8. The Labute approximate surface area is 199 Å². The van der Waals surface area contributed by atoms with E-state index in [0.29, 0.717) is 34.9 Å². The molecular weight excluding hydrogens is 454 g/mol. The molecule has 0 saturated heterocycles. The van der Waals surface area contributed by atoms with Crippen molar-refractivity contribution in [2.45, 2.75) is 42.2 Å². The number of hydrogen-bond donors (Lipinski definition) is 1. The van der Waals surface area contributed by atoms with E-state index in [2.05, 4.69) is 28.4 Å². The normalized spacial score (nSPS) is 18.5. The van der Waals surface area contributed by atoms with Crippen LogP contribution < -0.4 is 10.6 Å². The van der Waals surface area contributed by atoms with Crippen LogP contribution >= 0.6 is 23.1 Å². The number of rotatable bonds is 5. The third-order valence-corrected chi connectivity index (χ3v) is 7.86. The zero-order valence-electron chi connectivity index (χ0n) is 17.9. The van der Waals surface area contributed by atoms with Crippen LogP contribution in [0.4, 0.5) is 5.13 Å².